The number of anilines is 1. The highest BCUT2D eigenvalue weighted by atomic mass is 16.5. The van der Waals surface area contributed by atoms with Gasteiger partial charge in [-0.3, -0.25) is 9.67 Å². The third-order valence-corrected chi connectivity index (χ3v) is 7.57. The van der Waals surface area contributed by atoms with Gasteiger partial charge in [-0.2, -0.15) is 5.10 Å². The average Bonchev–Trinajstić information content (AvgIpc) is 3.54. The van der Waals surface area contributed by atoms with Crippen LogP contribution in [-0.4, -0.2) is 44.1 Å². The summed E-state index contributed by atoms with van der Waals surface area (Å²) in [7, 11) is 0. The molecule has 0 atom stereocenters. The molecule has 2 aliphatic rings. The molecule has 7 heteroatoms. The third kappa shape index (κ3) is 4.22. The number of hydrogen-bond donors (Lipinski definition) is 0. The average molecular weight is 483 g/mol. The van der Waals surface area contributed by atoms with Crippen LogP contribution in [0.1, 0.15) is 55.9 Å². The van der Waals surface area contributed by atoms with Crippen LogP contribution in [0.15, 0.2) is 55.0 Å². The summed E-state index contributed by atoms with van der Waals surface area (Å²) in [6.45, 7) is 10.9. The maximum atomic E-state index is 5.50. The Morgan fingerprint density at radius 1 is 1.00 bits per heavy atom. The molecule has 0 aliphatic carbocycles. The van der Waals surface area contributed by atoms with E-state index in [2.05, 4.69) is 81.5 Å². The summed E-state index contributed by atoms with van der Waals surface area (Å²) in [5.74, 6) is 1.43. The van der Waals surface area contributed by atoms with Crippen molar-refractivity contribution in [3.8, 4) is 22.4 Å². The van der Waals surface area contributed by atoms with Crippen molar-refractivity contribution >= 4 is 5.69 Å². The van der Waals surface area contributed by atoms with E-state index in [-0.39, 0.29) is 0 Å². The van der Waals surface area contributed by atoms with Crippen LogP contribution in [0.5, 0.6) is 0 Å². The predicted molar refractivity (Wildman–Crippen MR) is 142 cm³/mol. The van der Waals surface area contributed by atoms with Crippen molar-refractivity contribution in [3.63, 3.8) is 0 Å². The minimum atomic E-state index is 0.349. The van der Waals surface area contributed by atoms with Crippen molar-refractivity contribution in [2.75, 3.05) is 24.7 Å². The lowest BCUT2D eigenvalue weighted by atomic mass is 10.00. The number of hydrogen-bond acceptors (Lipinski definition) is 5. The Morgan fingerprint density at radius 2 is 1.81 bits per heavy atom. The molecule has 0 unspecified atom stereocenters. The Bertz CT molecular complexity index is 1350. The van der Waals surface area contributed by atoms with E-state index in [9.17, 15) is 0 Å². The van der Waals surface area contributed by atoms with Crippen molar-refractivity contribution < 1.29 is 4.74 Å². The SMILES string of the molecule is Cc1nc(-c2cccnc2C(C)C)c2n1CCN(c1ccc(-c3cnn(C4CCOCC4)c3)cc1)C2. The van der Waals surface area contributed by atoms with Gasteiger partial charge in [0.1, 0.15) is 5.82 Å². The summed E-state index contributed by atoms with van der Waals surface area (Å²) in [6, 6.07) is 13.5. The molecule has 0 spiro atoms. The van der Waals surface area contributed by atoms with Crippen molar-refractivity contribution in [2.45, 2.75) is 58.7 Å². The zero-order valence-corrected chi connectivity index (χ0v) is 21.4. The Balaban J connectivity index is 1.24. The van der Waals surface area contributed by atoms with Gasteiger partial charge < -0.3 is 14.2 Å². The molecule has 7 nitrogen and oxygen atoms in total. The summed E-state index contributed by atoms with van der Waals surface area (Å²) < 4.78 is 9.99. The van der Waals surface area contributed by atoms with Crippen LogP contribution in [0.2, 0.25) is 0 Å². The van der Waals surface area contributed by atoms with Gasteiger partial charge in [0.15, 0.2) is 0 Å². The number of aryl methyl sites for hydroxylation is 1. The van der Waals surface area contributed by atoms with Gasteiger partial charge in [0, 0.05) is 55.5 Å². The monoisotopic (exact) mass is 482 g/mol. The molecule has 0 amide bonds. The largest absolute Gasteiger partial charge is 0.381 e. The molecule has 0 N–H and O–H groups in total. The van der Waals surface area contributed by atoms with Gasteiger partial charge in [-0.15, -0.1) is 0 Å². The van der Waals surface area contributed by atoms with E-state index in [1.807, 2.05) is 18.5 Å². The van der Waals surface area contributed by atoms with Crippen LogP contribution in [0.4, 0.5) is 5.69 Å². The first-order chi connectivity index (χ1) is 17.6. The van der Waals surface area contributed by atoms with Gasteiger partial charge in [-0.05, 0) is 55.5 Å². The van der Waals surface area contributed by atoms with E-state index in [1.165, 1.54) is 22.5 Å². The van der Waals surface area contributed by atoms with Gasteiger partial charge in [-0.25, -0.2) is 4.98 Å². The van der Waals surface area contributed by atoms with E-state index in [4.69, 9.17) is 9.72 Å². The van der Waals surface area contributed by atoms with Crippen LogP contribution in [0, 0.1) is 6.92 Å². The van der Waals surface area contributed by atoms with Crippen LogP contribution < -0.4 is 4.90 Å². The van der Waals surface area contributed by atoms with Crippen molar-refractivity contribution in [3.05, 3.63) is 72.2 Å². The molecule has 5 heterocycles. The predicted octanol–water partition coefficient (Wildman–Crippen LogP) is 5.61. The second-order valence-corrected chi connectivity index (χ2v) is 10.2. The summed E-state index contributed by atoms with van der Waals surface area (Å²) in [4.78, 5) is 12.2. The zero-order valence-electron chi connectivity index (χ0n) is 21.4. The molecule has 6 rings (SSSR count). The molecule has 1 aromatic carbocycles. The van der Waals surface area contributed by atoms with E-state index >= 15 is 0 Å². The fourth-order valence-electron chi connectivity index (χ4n) is 5.56. The number of benzene rings is 1. The Hall–Kier alpha value is -3.45. The van der Waals surface area contributed by atoms with Crippen LogP contribution in [0.25, 0.3) is 22.4 Å². The highest BCUT2D eigenvalue weighted by Crippen LogP contribution is 2.34. The molecule has 0 bridgehead atoms. The fourth-order valence-corrected chi connectivity index (χ4v) is 5.56. The zero-order chi connectivity index (χ0) is 24.6. The molecule has 0 saturated carbocycles. The van der Waals surface area contributed by atoms with Gasteiger partial charge in [-0.1, -0.05) is 26.0 Å². The molecular formula is C29H34N6O. The van der Waals surface area contributed by atoms with Crippen LogP contribution in [0.3, 0.4) is 0 Å². The summed E-state index contributed by atoms with van der Waals surface area (Å²) in [6.07, 6.45) is 8.11. The molecular weight excluding hydrogens is 448 g/mol. The minimum Gasteiger partial charge on any atom is -0.381 e. The summed E-state index contributed by atoms with van der Waals surface area (Å²) in [5, 5.41) is 4.65. The number of imidazole rings is 1. The summed E-state index contributed by atoms with van der Waals surface area (Å²) >= 11 is 0. The highest BCUT2D eigenvalue weighted by molar-refractivity contribution is 5.68. The Labute approximate surface area is 212 Å². The molecule has 1 saturated heterocycles. The number of pyridine rings is 1. The normalized spacial score (nSPS) is 16.5. The number of fused-ring (bicyclic) bond motifs is 1. The highest BCUT2D eigenvalue weighted by Gasteiger charge is 2.25. The van der Waals surface area contributed by atoms with E-state index in [0.29, 0.717) is 12.0 Å². The lowest BCUT2D eigenvalue weighted by Crippen LogP contribution is -2.34. The lowest BCUT2D eigenvalue weighted by molar-refractivity contribution is 0.0662. The van der Waals surface area contributed by atoms with Crippen molar-refractivity contribution in [2.24, 2.45) is 0 Å². The molecule has 2 aliphatic heterocycles. The molecule has 36 heavy (non-hydrogen) atoms. The Morgan fingerprint density at radius 3 is 2.58 bits per heavy atom. The Kier molecular flexibility index (Phi) is 6.09. The minimum absolute atomic E-state index is 0.349. The number of ether oxygens (including phenoxy) is 1. The summed E-state index contributed by atoms with van der Waals surface area (Å²) in [5.41, 5.74) is 8.22. The smallest absolute Gasteiger partial charge is 0.106 e. The first kappa shape index (κ1) is 23.0. The maximum absolute atomic E-state index is 5.50. The van der Waals surface area contributed by atoms with Crippen LogP contribution >= 0.6 is 0 Å². The van der Waals surface area contributed by atoms with E-state index in [1.54, 1.807) is 0 Å². The topological polar surface area (TPSA) is 61.0 Å². The van der Waals surface area contributed by atoms with E-state index < -0.39 is 0 Å². The van der Waals surface area contributed by atoms with Crippen LogP contribution in [-0.2, 0) is 17.8 Å². The van der Waals surface area contributed by atoms with Gasteiger partial charge in [0.2, 0.25) is 0 Å². The third-order valence-electron chi connectivity index (χ3n) is 7.57. The van der Waals surface area contributed by atoms with Gasteiger partial charge in [0.25, 0.3) is 0 Å². The van der Waals surface area contributed by atoms with Crippen molar-refractivity contribution in [1.82, 2.24) is 24.3 Å². The number of aromatic nitrogens is 5. The van der Waals surface area contributed by atoms with E-state index in [0.717, 1.165) is 68.5 Å². The number of nitrogens with zero attached hydrogens (tertiary/aromatic N) is 6. The first-order valence-electron chi connectivity index (χ1n) is 13.1. The van der Waals surface area contributed by atoms with Gasteiger partial charge in [0.05, 0.1) is 35.9 Å². The standard InChI is InChI=1S/C29H34N6O/c1-20(2)28-26(5-4-12-30-28)29-27-19-33(13-14-34(27)21(3)32-29)24-8-6-22(7-9-24)23-17-31-35(18-23)25-10-15-36-16-11-25/h4-9,12,17-18,20,25H,10-11,13-16,19H2,1-3H3. The quantitative estimate of drug-likeness (QED) is 0.370. The second kappa shape index (κ2) is 9.54. The van der Waals surface area contributed by atoms with Crippen molar-refractivity contribution in [1.29, 1.82) is 0 Å². The number of rotatable bonds is 5. The first-order valence-corrected chi connectivity index (χ1v) is 13.1. The molecule has 1 fully saturated rings. The molecule has 0 radical (unpaired) electrons. The molecule has 186 valence electrons. The molecule has 3 aromatic heterocycles. The maximum Gasteiger partial charge on any atom is 0.106 e. The second-order valence-electron chi connectivity index (χ2n) is 10.2. The molecule has 4 aromatic rings. The fraction of sp³-hybridized carbons (Fsp3) is 0.414. The lowest BCUT2D eigenvalue weighted by Gasteiger charge is -2.31. The van der Waals surface area contributed by atoms with Gasteiger partial charge >= 0.3 is 0 Å².